The van der Waals surface area contributed by atoms with Crippen LogP contribution in [0.15, 0.2) is 0 Å². The molecule has 1 aromatic heterocycles. The zero-order chi connectivity index (χ0) is 15.3. The van der Waals surface area contributed by atoms with E-state index in [2.05, 4.69) is 50.1 Å². The molecule has 21 heavy (non-hydrogen) atoms. The van der Waals surface area contributed by atoms with Crippen LogP contribution in [0.5, 0.6) is 0 Å². The third-order valence-corrected chi connectivity index (χ3v) is 6.05. The van der Waals surface area contributed by atoms with Crippen LogP contribution in [0.2, 0.25) is 0 Å². The van der Waals surface area contributed by atoms with E-state index in [1.807, 2.05) is 0 Å². The number of nitrogens with one attached hydrogen (secondary N) is 1. The normalized spacial score (nSPS) is 33.4. The molecule has 2 aliphatic carbocycles. The lowest BCUT2D eigenvalue weighted by atomic mass is 9.68. The van der Waals surface area contributed by atoms with Gasteiger partial charge in [0.2, 0.25) is 5.95 Å². The second kappa shape index (κ2) is 4.92. The molecule has 2 aliphatic rings. The summed E-state index contributed by atoms with van der Waals surface area (Å²) in [7, 11) is 0. The number of hydrogen-bond donors (Lipinski definition) is 1. The van der Waals surface area contributed by atoms with Crippen LogP contribution in [0.1, 0.15) is 65.3 Å². The smallest absolute Gasteiger partial charge is 0.243 e. The third kappa shape index (κ3) is 2.23. The van der Waals surface area contributed by atoms with E-state index >= 15 is 0 Å². The van der Waals surface area contributed by atoms with Crippen molar-refractivity contribution in [1.29, 1.82) is 0 Å². The molecule has 1 N–H and O–H groups in total. The second-order valence-corrected chi connectivity index (χ2v) is 7.73. The lowest BCUT2D eigenvalue weighted by Gasteiger charge is -2.43. The molecular weight excluding hydrogens is 260 g/mol. The summed E-state index contributed by atoms with van der Waals surface area (Å²) in [4.78, 5) is 4.72. The van der Waals surface area contributed by atoms with Crippen molar-refractivity contribution in [3.05, 3.63) is 11.4 Å². The van der Waals surface area contributed by atoms with Crippen molar-refractivity contribution < 1.29 is 0 Å². The van der Waals surface area contributed by atoms with Gasteiger partial charge in [-0.05, 0) is 48.9 Å². The molecule has 3 rings (SSSR count). The molecule has 2 bridgehead atoms. The Balaban J connectivity index is 1.87. The van der Waals surface area contributed by atoms with Gasteiger partial charge in [-0.2, -0.15) is 5.10 Å². The lowest BCUT2D eigenvalue weighted by molar-refractivity contribution is 0.154. The average molecular weight is 288 g/mol. The van der Waals surface area contributed by atoms with E-state index in [0.717, 1.165) is 36.1 Å². The zero-order valence-electron chi connectivity index (χ0n) is 14.0. The number of nitrogens with zero attached hydrogens (tertiary/aromatic N) is 3. The van der Waals surface area contributed by atoms with Crippen molar-refractivity contribution in [2.75, 3.05) is 5.32 Å². The summed E-state index contributed by atoms with van der Waals surface area (Å²) in [6, 6.07) is 0.447. The van der Waals surface area contributed by atoms with Crippen LogP contribution >= 0.6 is 0 Å². The lowest BCUT2D eigenvalue weighted by Crippen LogP contribution is -2.46. The molecule has 2 saturated carbocycles. The summed E-state index contributed by atoms with van der Waals surface area (Å²) in [6.07, 6.45) is 5.84. The fraction of sp³-hybridized carbons (Fsp3) is 0.824. The Morgan fingerprint density at radius 1 is 1.10 bits per heavy atom. The summed E-state index contributed by atoms with van der Waals surface area (Å²) < 4.78 is 0. The number of hydrogen-bond acceptors (Lipinski definition) is 4. The van der Waals surface area contributed by atoms with E-state index in [1.165, 1.54) is 19.3 Å². The van der Waals surface area contributed by atoms with Crippen molar-refractivity contribution in [1.82, 2.24) is 15.2 Å². The quantitative estimate of drug-likeness (QED) is 0.919. The molecular formula is C17H28N4. The maximum Gasteiger partial charge on any atom is 0.243 e. The second-order valence-electron chi connectivity index (χ2n) is 7.73. The van der Waals surface area contributed by atoms with Crippen LogP contribution in [0.3, 0.4) is 0 Å². The first-order valence-corrected chi connectivity index (χ1v) is 8.39. The topological polar surface area (TPSA) is 50.7 Å². The number of aromatic nitrogens is 3. The standard InChI is InChI=1S/C17H28N4/c1-6-12-13(7-2)20-21-15(18-12)19-14-16(3,4)11-8-9-17(14,5)10-11/h11,14H,6-10H2,1-5H3,(H,18,19,21). The van der Waals surface area contributed by atoms with E-state index in [0.29, 0.717) is 16.9 Å². The summed E-state index contributed by atoms with van der Waals surface area (Å²) in [5.74, 6) is 1.55. The minimum Gasteiger partial charge on any atom is -0.349 e. The largest absolute Gasteiger partial charge is 0.349 e. The predicted molar refractivity (Wildman–Crippen MR) is 85.2 cm³/mol. The van der Waals surface area contributed by atoms with E-state index < -0.39 is 0 Å². The molecule has 3 unspecified atom stereocenters. The molecule has 1 aromatic rings. The van der Waals surface area contributed by atoms with E-state index in [-0.39, 0.29) is 0 Å². The summed E-state index contributed by atoms with van der Waals surface area (Å²) in [6.45, 7) is 11.5. The van der Waals surface area contributed by atoms with Gasteiger partial charge in [-0.15, -0.1) is 5.10 Å². The first-order valence-electron chi connectivity index (χ1n) is 8.39. The van der Waals surface area contributed by atoms with Crippen LogP contribution in [0.4, 0.5) is 5.95 Å². The fourth-order valence-corrected chi connectivity index (χ4v) is 4.79. The molecule has 4 nitrogen and oxygen atoms in total. The van der Waals surface area contributed by atoms with E-state index in [9.17, 15) is 0 Å². The van der Waals surface area contributed by atoms with Crippen molar-refractivity contribution in [2.45, 2.75) is 72.8 Å². The van der Waals surface area contributed by atoms with E-state index in [4.69, 9.17) is 4.98 Å². The highest BCUT2D eigenvalue weighted by Gasteiger charge is 2.59. The first kappa shape index (κ1) is 14.7. The van der Waals surface area contributed by atoms with Crippen LogP contribution < -0.4 is 5.32 Å². The molecule has 1 heterocycles. The predicted octanol–water partition coefficient (Wildman–Crippen LogP) is 3.62. The SMILES string of the molecule is CCc1nnc(NC2C3(C)CCC(C3)C2(C)C)nc1CC. The maximum absolute atomic E-state index is 4.72. The number of anilines is 1. The number of fused-ring (bicyclic) bond motifs is 2. The van der Waals surface area contributed by atoms with Crippen molar-refractivity contribution >= 4 is 5.95 Å². The Morgan fingerprint density at radius 2 is 1.81 bits per heavy atom. The van der Waals surface area contributed by atoms with Gasteiger partial charge in [0.15, 0.2) is 0 Å². The Bertz CT molecular complexity index is 535. The van der Waals surface area contributed by atoms with Gasteiger partial charge < -0.3 is 5.32 Å². The van der Waals surface area contributed by atoms with Gasteiger partial charge >= 0.3 is 0 Å². The minimum atomic E-state index is 0.312. The highest BCUT2D eigenvalue weighted by atomic mass is 15.3. The zero-order valence-corrected chi connectivity index (χ0v) is 14.0. The third-order valence-electron chi connectivity index (χ3n) is 6.05. The molecule has 0 saturated heterocycles. The van der Waals surface area contributed by atoms with Gasteiger partial charge in [0.1, 0.15) is 0 Å². The van der Waals surface area contributed by atoms with Crippen molar-refractivity contribution in [3.8, 4) is 0 Å². The molecule has 0 amide bonds. The van der Waals surface area contributed by atoms with E-state index in [1.54, 1.807) is 0 Å². The molecule has 3 atom stereocenters. The van der Waals surface area contributed by atoms with Crippen molar-refractivity contribution in [3.63, 3.8) is 0 Å². The van der Waals surface area contributed by atoms with Crippen LogP contribution in [0.25, 0.3) is 0 Å². The van der Waals surface area contributed by atoms with Gasteiger partial charge in [0, 0.05) is 6.04 Å². The summed E-state index contributed by atoms with van der Waals surface area (Å²) in [5.41, 5.74) is 2.81. The van der Waals surface area contributed by atoms with Gasteiger partial charge in [-0.25, -0.2) is 4.98 Å². The van der Waals surface area contributed by atoms with Crippen LogP contribution in [0, 0.1) is 16.7 Å². The number of rotatable bonds is 4. The molecule has 116 valence electrons. The van der Waals surface area contributed by atoms with Gasteiger partial charge in [-0.3, -0.25) is 0 Å². The minimum absolute atomic E-state index is 0.312. The average Bonchev–Trinajstić information content (AvgIpc) is 2.94. The first-order chi connectivity index (χ1) is 9.90. The Hall–Kier alpha value is -1.19. The van der Waals surface area contributed by atoms with Crippen molar-refractivity contribution in [2.24, 2.45) is 16.7 Å². The highest BCUT2D eigenvalue weighted by molar-refractivity contribution is 5.32. The van der Waals surface area contributed by atoms with Gasteiger partial charge in [0.25, 0.3) is 0 Å². The molecule has 0 aliphatic heterocycles. The maximum atomic E-state index is 4.72. The molecule has 0 spiro atoms. The fourth-order valence-electron chi connectivity index (χ4n) is 4.79. The van der Waals surface area contributed by atoms with Gasteiger partial charge in [0.05, 0.1) is 11.4 Å². The monoisotopic (exact) mass is 288 g/mol. The molecule has 4 heteroatoms. The number of aryl methyl sites for hydroxylation is 2. The van der Waals surface area contributed by atoms with Crippen LogP contribution in [-0.4, -0.2) is 21.2 Å². The molecule has 2 fully saturated rings. The Labute approximate surface area is 128 Å². The Kier molecular flexibility index (Phi) is 3.45. The van der Waals surface area contributed by atoms with Crippen LogP contribution in [-0.2, 0) is 12.8 Å². The molecule has 0 radical (unpaired) electrons. The molecule has 0 aromatic carbocycles. The highest BCUT2D eigenvalue weighted by Crippen LogP contribution is 2.62. The summed E-state index contributed by atoms with van der Waals surface area (Å²) >= 11 is 0. The van der Waals surface area contributed by atoms with Gasteiger partial charge in [-0.1, -0.05) is 34.6 Å². The Morgan fingerprint density at radius 3 is 2.38 bits per heavy atom. The summed E-state index contributed by atoms with van der Waals surface area (Å²) in [5, 5.41) is 12.3.